The quantitative estimate of drug-likeness (QED) is 0.201. The molecule has 1 aromatic heterocycles. The number of thioether (sulfide) groups is 1. The van der Waals surface area contributed by atoms with E-state index in [4.69, 9.17) is 10.9 Å². The molecule has 20 heavy (non-hydrogen) atoms. The molecule has 3 N–H and O–H groups in total. The minimum Gasteiger partial charge on any atom is -0.409 e. The summed E-state index contributed by atoms with van der Waals surface area (Å²) < 4.78 is 0. The van der Waals surface area contributed by atoms with Gasteiger partial charge in [-0.3, -0.25) is 0 Å². The Morgan fingerprint density at radius 2 is 2.05 bits per heavy atom. The number of pyridine rings is 1. The second-order valence-electron chi connectivity index (χ2n) is 5.80. The summed E-state index contributed by atoms with van der Waals surface area (Å²) in [5, 5.41) is 12.9. The van der Waals surface area contributed by atoms with Crippen molar-refractivity contribution in [1.82, 2.24) is 4.98 Å². The van der Waals surface area contributed by atoms with Crippen molar-refractivity contribution in [3.63, 3.8) is 0 Å². The Balaban J connectivity index is 2.32. The van der Waals surface area contributed by atoms with E-state index in [1.165, 1.54) is 5.56 Å². The van der Waals surface area contributed by atoms with Crippen LogP contribution in [0.15, 0.2) is 22.3 Å². The Morgan fingerprint density at radius 1 is 1.35 bits per heavy atom. The molecule has 0 aliphatic heterocycles. The van der Waals surface area contributed by atoms with Crippen molar-refractivity contribution in [1.29, 1.82) is 0 Å². The lowest BCUT2D eigenvalue weighted by molar-refractivity contribution is 0.304. The van der Waals surface area contributed by atoms with Crippen LogP contribution in [0.5, 0.6) is 0 Å². The molecule has 0 aliphatic carbocycles. The van der Waals surface area contributed by atoms with Crippen molar-refractivity contribution < 1.29 is 5.21 Å². The highest BCUT2D eigenvalue weighted by molar-refractivity contribution is 7.99. The van der Waals surface area contributed by atoms with Crippen LogP contribution in [0.1, 0.15) is 44.4 Å². The number of amidine groups is 1. The molecule has 0 unspecified atom stereocenters. The molecule has 0 aromatic carbocycles. The average molecular weight is 295 g/mol. The molecule has 0 saturated heterocycles. The molecular formula is C15H25N3OS. The summed E-state index contributed by atoms with van der Waals surface area (Å²) in [7, 11) is 0. The highest BCUT2D eigenvalue weighted by atomic mass is 32.2. The lowest BCUT2D eigenvalue weighted by atomic mass is 9.86. The first kappa shape index (κ1) is 16.8. The monoisotopic (exact) mass is 295 g/mol. The van der Waals surface area contributed by atoms with E-state index in [2.05, 4.69) is 29.2 Å². The third kappa shape index (κ3) is 5.41. The van der Waals surface area contributed by atoms with Crippen LogP contribution in [0.4, 0.5) is 0 Å². The molecule has 0 amide bonds. The lowest BCUT2D eigenvalue weighted by Crippen LogP contribution is -2.31. The van der Waals surface area contributed by atoms with Crippen molar-refractivity contribution in [2.75, 3.05) is 5.75 Å². The van der Waals surface area contributed by atoms with E-state index in [9.17, 15) is 0 Å². The minimum atomic E-state index is -0.239. The topological polar surface area (TPSA) is 71.5 Å². The van der Waals surface area contributed by atoms with Crippen LogP contribution in [0, 0.1) is 19.3 Å². The van der Waals surface area contributed by atoms with Gasteiger partial charge in [0.25, 0.3) is 0 Å². The first-order chi connectivity index (χ1) is 9.35. The zero-order valence-electron chi connectivity index (χ0n) is 12.8. The largest absolute Gasteiger partial charge is 0.409 e. The molecule has 0 aliphatic rings. The van der Waals surface area contributed by atoms with Gasteiger partial charge >= 0.3 is 0 Å². The van der Waals surface area contributed by atoms with Crippen LogP contribution >= 0.6 is 11.8 Å². The van der Waals surface area contributed by atoms with Gasteiger partial charge < -0.3 is 10.9 Å². The van der Waals surface area contributed by atoms with Gasteiger partial charge in [-0.05, 0) is 50.1 Å². The third-order valence-corrected chi connectivity index (χ3v) is 4.32. The van der Waals surface area contributed by atoms with Gasteiger partial charge in [-0.15, -0.1) is 11.8 Å². The third-order valence-electron chi connectivity index (χ3n) is 3.32. The van der Waals surface area contributed by atoms with Crippen molar-refractivity contribution >= 4 is 17.6 Å². The summed E-state index contributed by atoms with van der Waals surface area (Å²) in [6, 6.07) is 4.21. The predicted octanol–water partition coefficient (Wildman–Crippen LogP) is 3.73. The molecule has 4 nitrogen and oxygen atoms in total. The van der Waals surface area contributed by atoms with Crippen LogP contribution in [0.2, 0.25) is 0 Å². The van der Waals surface area contributed by atoms with Crippen LogP contribution in [0.3, 0.4) is 0 Å². The van der Waals surface area contributed by atoms with E-state index in [1.54, 1.807) is 11.8 Å². The molecule has 0 atom stereocenters. The second-order valence-corrected chi connectivity index (χ2v) is 6.91. The summed E-state index contributed by atoms with van der Waals surface area (Å²) in [6.07, 6.45) is 3.08. The van der Waals surface area contributed by atoms with Gasteiger partial charge in [0.15, 0.2) is 0 Å². The Morgan fingerprint density at radius 3 is 2.65 bits per heavy atom. The summed E-state index contributed by atoms with van der Waals surface area (Å²) in [5.74, 6) is 1.35. The Bertz CT molecular complexity index is 452. The SMILES string of the molecule is Cc1cc(C)nc(SCCCCC(C)(C)/C(N)=N/O)c1. The van der Waals surface area contributed by atoms with Gasteiger partial charge in [0, 0.05) is 11.1 Å². The molecule has 0 bridgehead atoms. The average Bonchev–Trinajstić information content (AvgIpc) is 2.36. The first-order valence-corrected chi connectivity index (χ1v) is 7.90. The lowest BCUT2D eigenvalue weighted by Gasteiger charge is -2.22. The van der Waals surface area contributed by atoms with Crippen LogP contribution in [-0.2, 0) is 0 Å². The fourth-order valence-electron chi connectivity index (χ4n) is 1.99. The van der Waals surface area contributed by atoms with Crippen LogP contribution in [-0.4, -0.2) is 21.8 Å². The van der Waals surface area contributed by atoms with Crippen LogP contribution in [0.25, 0.3) is 0 Å². The molecular weight excluding hydrogens is 270 g/mol. The number of nitrogens with two attached hydrogens (primary N) is 1. The first-order valence-electron chi connectivity index (χ1n) is 6.91. The maximum atomic E-state index is 8.72. The number of hydrogen-bond donors (Lipinski definition) is 2. The van der Waals surface area contributed by atoms with Crippen molar-refractivity contribution in [3.8, 4) is 0 Å². The van der Waals surface area contributed by atoms with E-state index in [1.807, 2.05) is 20.8 Å². The number of unbranched alkanes of at least 4 members (excludes halogenated alkanes) is 1. The van der Waals surface area contributed by atoms with Crippen LogP contribution < -0.4 is 5.73 Å². The fourth-order valence-corrected chi connectivity index (χ4v) is 3.02. The molecule has 1 rings (SSSR count). The maximum Gasteiger partial charge on any atom is 0.144 e. The number of nitrogens with zero attached hydrogens (tertiary/aromatic N) is 2. The molecule has 1 aromatic rings. The second kappa shape index (κ2) is 7.53. The van der Waals surface area contributed by atoms with E-state index in [0.29, 0.717) is 5.84 Å². The number of hydrogen-bond acceptors (Lipinski definition) is 4. The molecule has 112 valence electrons. The summed E-state index contributed by atoms with van der Waals surface area (Å²) >= 11 is 1.79. The maximum absolute atomic E-state index is 8.72. The number of aryl methyl sites for hydroxylation is 2. The fraction of sp³-hybridized carbons (Fsp3) is 0.600. The van der Waals surface area contributed by atoms with Gasteiger partial charge in [0.1, 0.15) is 5.84 Å². The number of aromatic nitrogens is 1. The highest BCUT2D eigenvalue weighted by Crippen LogP contribution is 2.25. The Hall–Kier alpha value is -1.23. The molecule has 1 heterocycles. The Labute approximate surface area is 125 Å². The summed E-state index contributed by atoms with van der Waals surface area (Å²) in [6.45, 7) is 8.12. The van der Waals surface area contributed by atoms with E-state index >= 15 is 0 Å². The summed E-state index contributed by atoms with van der Waals surface area (Å²) in [4.78, 5) is 4.51. The van der Waals surface area contributed by atoms with Crippen molar-refractivity contribution in [2.45, 2.75) is 52.0 Å². The zero-order valence-corrected chi connectivity index (χ0v) is 13.6. The molecule has 0 radical (unpaired) electrons. The standard InChI is InChI=1S/C15H25N3OS/c1-11-9-12(2)17-13(10-11)20-8-6-5-7-15(3,4)14(16)18-19/h9-10,19H,5-8H2,1-4H3,(H2,16,18). The smallest absolute Gasteiger partial charge is 0.144 e. The van der Waals surface area contributed by atoms with Gasteiger partial charge in [0.05, 0.1) is 5.03 Å². The van der Waals surface area contributed by atoms with Crippen molar-refractivity contribution in [3.05, 3.63) is 23.4 Å². The van der Waals surface area contributed by atoms with E-state index < -0.39 is 0 Å². The van der Waals surface area contributed by atoms with Gasteiger partial charge in [-0.1, -0.05) is 25.4 Å². The highest BCUT2D eigenvalue weighted by Gasteiger charge is 2.22. The molecule has 0 fully saturated rings. The molecule has 5 heteroatoms. The van der Waals surface area contributed by atoms with Crippen molar-refractivity contribution in [2.24, 2.45) is 16.3 Å². The number of oxime groups is 1. The minimum absolute atomic E-state index is 0.239. The summed E-state index contributed by atoms with van der Waals surface area (Å²) in [5.41, 5.74) is 7.76. The van der Waals surface area contributed by atoms with Gasteiger partial charge in [0.2, 0.25) is 0 Å². The van der Waals surface area contributed by atoms with Gasteiger partial charge in [-0.2, -0.15) is 0 Å². The molecule has 0 saturated carbocycles. The predicted molar refractivity (Wildman–Crippen MR) is 85.5 cm³/mol. The zero-order chi connectivity index (χ0) is 15.2. The molecule has 0 spiro atoms. The van der Waals surface area contributed by atoms with E-state index in [-0.39, 0.29) is 5.41 Å². The Kier molecular flexibility index (Phi) is 6.33. The van der Waals surface area contributed by atoms with E-state index in [0.717, 1.165) is 35.7 Å². The number of rotatable bonds is 7. The normalized spacial score (nSPS) is 12.7. The van der Waals surface area contributed by atoms with Gasteiger partial charge in [-0.25, -0.2) is 4.98 Å².